The lowest BCUT2D eigenvalue weighted by Crippen LogP contribution is -2.43. The lowest BCUT2D eigenvalue weighted by molar-refractivity contribution is -0.134. The molecule has 2 amide bonds. The first kappa shape index (κ1) is 16.6. The molecule has 0 saturated heterocycles. The summed E-state index contributed by atoms with van der Waals surface area (Å²) < 4.78 is 4.82. The smallest absolute Gasteiger partial charge is 0.426 e. The molecule has 0 aromatic carbocycles. The Morgan fingerprint density at radius 2 is 1.44 bits per heavy atom. The highest BCUT2D eigenvalue weighted by molar-refractivity contribution is 5.76. The van der Waals surface area contributed by atoms with Crippen LogP contribution in [0.2, 0.25) is 0 Å². The first-order valence-electron chi connectivity index (χ1n) is 4.49. The second-order valence-electron chi connectivity index (χ2n) is 3.83. The minimum atomic E-state index is -0.833. The third-order valence-electron chi connectivity index (χ3n) is 0.739. The summed E-state index contributed by atoms with van der Waals surface area (Å²) >= 11 is 0. The van der Waals surface area contributed by atoms with Crippen molar-refractivity contribution in [3.8, 4) is 0 Å². The molecule has 0 atom stereocenters. The fourth-order valence-corrected chi connectivity index (χ4v) is 0.443. The highest BCUT2D eigenvalue weighted by Gasteiger charge is 2.15. The molecule has 0 spiro atoms. The largest absolute Gasteiger partial charge is 0.481 e. The summed E-state index contributed by atoms with van der Waals surface area (Å²) in [6.07, 6.45) is -0.669. The van der Waals surface area contributed by atoms with Crippen LogP contribution in [0.15, 0.2) is 0 Å². The number of aliphatic carboxylic acids is 1. The number of amides is 2. The maximum Gasteiger partial charge on any atom is 0.426 e. The molecular weight excluding hydrogens is 216 g/mol. The van der Waals surface area contributed by atoms with Crippen molar-refractivity contribution in [1.29, 1.82) is 0 Å². The van der Waals surface area contributed by atoms with Crippen LogP contribution in [0.3, 0.4) is 0 Å². The number of hydrogen-bond acceptors (Lipinski definition) is 4. The van der Waals surface area contributed by atoms with Crippen molar-refractivity contribution in [3.05, 3.63) is 0 Å². The quantitative estimate of drug-likeness (QED) is 0.534. The number of hydrazine groups is 1. The Labute approximate surface area is 94.1 Å². The maximum absolute atomic E-state index is 10.8. The molecule has 0 heterocycles. The molecule has 0 aliphatic rings. The Morgan fingerprint density at radius 3 is 1.69 bits per heavy atom. The average Bonchev–Trinajstić information content (AvgIpc) is 1.96. The summed E-state index contributed by atoms with van der Waals surface area (Å²) in [5, 5.41) is 7.42. The Hall–Kier alpha value is -1.79. The third kappa shape index (κ3) is 22.8. The Morgan fingerprint density at radius 1 is 1.06 bits per heavy atom. The van der Waals surface area contributed by atoms with Crippen molar-refractivity contribution in [1.82, 2.24) is 10.9 Å². The van der Waals surface area contributed by atoms with Crippen LogP contribution in [-0.2, 0) is 14.3 Å². The number of hydrogen-bond donors (Lipinski definition) is 3. The highest BCUT2D eigenvalue weighted by Crippen LogP contribution is 2.05. The van der Waals surface area contributed by atoms with E-state index in [0.29, 0.717) is 0 Å². The van der Waals surface area contributed by atoms with Crippen LogP contribution in [-0.4, -0.2) is 28.7 Å². The van der Waals surface area contributed by atoms with Crippen molar-refractivity contribution in [2.75, 3.05) is 0 Å². The maximum atomic E-state index is 10.8. The highest BCUT2D eigenvalue weighted by atomic mass is 16.6. The molecule has 0 unspecified atom stereocenters. The number of rotatable bonds is 0. The van der Waals surface area contributed by atoms with Gasteiger partial charge in [-0.1, -0.05) is 0 Å². The molecule has 0 bridgehead atoms. The number of carboxylic acid groups (broad SMARTS) is 1. The normalized spacial score (nSPS) is 9.31. The first-order chi connectivity index (χ1) is 7.04. The molecule has 0 saturated carbocycles. The van der Waals surface area contributed by atoms with E-state index in [-0.39, 0.29) is 5.91 Å². The Kier molecular flexibility index (Phi) is 7.79. The number of carbonyl (C=O) groups is 3. The number of carbonyl (C=O) groups excluding carboxylic acids is 2. The van der Waals surface area contributed by atoms with Crippen molar-refractivity contribution >= 4 is 18.0 Å². The van der Waals surface area contributed by atoms with E-state index < -0.39 is 17.7 Å². The van der Waals surface area contributed by atoms with Gasteiger partial charge in [-0.2, -0.15) is 0 Å². The molecule has 94 valence electrons. The first-order valence-corrected chi connectivity index (χ1v) is 4.49. The van der Waals surface area contributed by atoms with E-state index in [4.69, 9.17) is 14.6 Å². The summed E-state index contributed by atoms with van der Waals surface area (Å²) in [5.74, 6) is -1.18. The third-order valence-corrected chi connectivity index (χ3v) is 0.739. The fraction of sp³-hybridized carbons (Fsp3) is 0.667. The Bertz CT molecular complexity index is 253. The van der Waals surface area contributed by atoms with Gasteiger partial charge in [0.2, 0.25) is 5.91 Å². The van der Waals surface area contributed by atoms with Crippen LogP contribution in [0, 0.1) is 0 Å². The van der Waals surface area contributed by atoms with E-state index in [2.05, 4.69) is 10.9 Å². The molecule has 0 radical (unpaired) electrons. The zero-order chi connectivity index (χ0) is 13.4. The topological polar surface area (TPSA) is 105 Å². The second-order valence-corrected chi connectivity index (χ2v) is 3.83. The van der Waals surface area contributed by atoms with E-state index in [9.17, 15) is 9.59 Å². The van der Waals surface area contributed by atoms with E-state index in [1.807, 2.05) is 0 Å². The van der Waals surface area contributed by atoms with Gasteiger partial charge in [-0.15, -0.1) is 0 Å². The molecule has 16 heavy (non-hydrogen) atoms. The van der Waals surface area contributed by atoms with Crippen LogP contribution >= 0.6 is 0 Å². The second kappa shape index (κ2) is 7.49. The van der Waals surface area contributed by atoms with Gasteiger partial charge < -0.3 is 9.84 Å². The molecule has 0 aromatic heterocycles. The van der Waals surface area contributed by atoms with Gasteiger partial charge in [0.1, 0.15) is 5.60 Å². The van der Waals surface area contributed by atoms with Crippen LogP contribution in [0.5, 0.6) is 0 Å². The fourth-order valence-electron chi connectivity index (χ4n) is 0.443. The van der Waals surface area contributed by atoms with E-state index in [1.54, 1.807) is 20.8 Å². The molecular formula is C9H18N2O5. The molecule has 0 aliphatic carbocycles. The number of nitrogens with one attached hydrogen (secondary N) is 2. The van der Waals surface area contributed by atoms with Gasteiger partial charge in [0.15, 0.2) is 0 Å². The SMILES string of the molecule is CC(=O)NNC(=O)OC(C)(C)C.CC(=O)O. The zero-order valence-corrected chi connectivity index (χ0v) is 10.1. The molecule has 0 rings (SSSR count). The minimum Gasteiger partial charge on any atom is -0.481 e. The molecule has 0 aromatic rings. The zero-order valence-electron chi connectivity index (χ0n) is 10.1. The van der Waals surface area contributed by atoms with Gasteiger partial charge in [0.25, 0.3) is 5.97 Å². The van der Waals surface area contributed by atoms with Gasteiger partial charge in [-0.05, 0) is 20.8 Å². The van der Waals surface area contributed by atoms with Crippen molar-refractivity contribution in [3.63, 3.8) is 0 Å². The lowest BCUT2D eigenvalue weighted by atomic mass is 10.2. The van der Waals surface area contributed by atoms with E-state index in [1.165, 1.54) is 6.92 Å². The van der Waals surface area contributed by atoms with E-state index in [0.717, 1.165) is 6.92 Å². The van der Waals surface area contributed by atoms with Crippen LogP contribution in [0.1, 0.15) is 34.6 Å². The monoisotopic (exact) mass is 234 g/mol. The lowest BCUT2D eigenvalue weighted by Gasteiger charge is -2.19. The molecule has 7 nitrogen and oxygen atoms in total. The van der Waals surface area contributed by atoms with E-state index >= 15 is 0 Å². The van der Waals surface area contributed by atoms with Gasteiger partial charge in [-0.3, -0.25) is 15.0 Å². The van der Waals surface area contributed by atoms with Crippen LogP contribution < -0.4 is 10.9 Å². The summed E-state index contributed by atoms with van der Waals surface area (Å²) in [5.41, 5.74) is 3.63. The van der Waals surface area contributed by atoms with Crippen LogP contribution in [0.25, 0.3) is 0 Å². The molecule has 0 aliphatic heterocycles. The van der Waals surface area contributed by atoms with Crippen molar-refractivity contribution < 1.29 is 24.2 Å². The molecule has 7 heteroatoms. The van der Waals surface area contributed by atoms with Crippen molar-refractivity contribution in [2.45, 2.75) is 40.2 Å². The molecule has 0 fully saturated rings. The predicted molar refractivity (Wildman–Crippen MR) is 56.5 cm³/mol. The number of ether oxygens (including phenoxy) is 1. The van der Waals surface area contributed by atoms with Gasteiger partial charge in [0.05, 0.1) is 0 Å². The summed E-state index contributed by atoms with van der Waals surface area (Å²) in [7, 11) is 0. The summed E-state index contributed by atoms with van der Waals surface area (Å²) in [6, 6.07) is 0. The van der Waals surface area contributed by atoms with Gasteiger partial charge in [-0.25, -0.2) is 10.2 Å². The standard InChI is InChI=1S/C7H14N2O3.C2H4O2/c1-5(10)8-9-6(11)12-7(2,3)4;1-2(3)4/h1-4H3,(H,8,10)(H,9,11);1H3,(H,3,4). The minimum absolute atomic E-state index is 0.346. The van der Waals surface area contributed by atoms with Gasteiger partial charge in [0, 0.05) is 13.8 Å². The van der Waals surface area contributed by atoms with Gasteiger partial charge >= 0.3 is 6.09 Å². The summed E-state index contributed by atoms with van der Waals surface area (Å²) in [6.45, 7) is 7.58. The Balaban J connectivity index is 0. The average molecular weight is 234 g/mol. The number of carboxylic acids is 1. The van der Waals surface area contributed by atoms with Crippen LogP contribution in [0.4, 0.5) is 4.79 Å². The summed E-state index contributed by atoms with van der Waals surface area (Å²) in [4.78, 5) is 30.1. The van der Waals surface area contributed by atoms with Crippen molar-refractivity contribution in [2.24, 2.45) is 0 Å². The predicted octanol–water partition coefficient (Wildman–Crippen LogP) is 0.653. The molecule has 3 N–H and O–H groups in total.